The smallest absolute Gasteiger partial charge is 0.371 e. The Hall–Kier alpha value is -1.07. The zero-order valence-electron chi connectivity index (χ0n) is 10.6. The van der Waals surface area contributed by atoms with Crippen LogP contribution in [0, 0.1) is 6.92 Å². The van der Waals surface area contributed by atoms with Gasteiger partial charge < -0.3 is 10.1 Å². The van der Waals surface area contributed by atoms with Crippen molar-refractivity contribution < 1.29 is 17.9 Å². The molecule has 1 aromatic carbocycles. The van der Waals surface area contributed by atoms with E-state index in [0.717, 1.165) is 11.1 Å². The van der Waals surface area contributed by atoms with Gasteiger partial charge in [0, 0.05) is 12.6 Å². The van der Waals surface area contributed by atoms with E-state index in [9.17, 15) is 13.2 Å². The van der Waals surface area contributed by atoms with E-state index in [0.29, 0.717) is 6.54 Å². The van der Waals surface area contributed by atoms with E-state index in [-0.39, 0.29) is 12.6 Å². The fourth-order valence-electron chi connectivity index (χ4n) is 1.59. The van der Waals surface area contributed by atoms with Crippen molar-refractivity contribution in [3.8, 4) is 0 Å². The molecule has 5 heteroatoms. The first-order valence-corrected chi connectivity index (χ1v) is 5.83. The highest BCUT2D eigenvalue weighted by Crippen LogP contribution is 2.15. The van der Waals surface area contributed by atoms with Crippen LogP contribution in [0.4, 0.5) is 13.2 Å². The number of halogens is 3. The van der Waals surface area contributed by atoms with Crippen LogP contribution in [0.15, 0.2) is 24.3 Å². The van der Waals surface area contributed by atoms with Gasteiger partial charge >= 0.3 is 6.18 Å². The van der Waals surface area contributed by atoms with Crippen molar-refractivity contribution >= 4 is 0 Å². The van der Waals surface area contributed by atoms with Crippen LogP contribution in [-0.4, -0.2) is 25.9 Å². The second-order valence-electron chi connectivity index (χ2n) is 4.26. The standard InChI is InChI=1S/C13H18F3NO/c1-10-4-3-5-12(8-10)11(2)17-6-7-18-9-13(14,15)16/h3-5,8,11,17H,6-7,9H2,1-2H3/t11-/m0/s1. The second-order valence-corrected chi connectivity index (χ2v) is 4.26. The molecule has 0 saturated heterocycles. The number of hydrogen-bond acceptors (Lipinski definition) is 2. The zero-order chi connectivity index (χ0) is 13.6. The lowest BCUT2D eigenvalue weighted by Crippen LogP contribution is -2.26. The molecule has 0 heterocycles. The summed E-state index contributed by atoms with van der Waals surface area (Å²) in [6, 6.07) is 8.10. The van der Waals surface area contributed by atoms with Gasteiger partial charge in [-0.15, -0.1) is 0 Å². The third kappa shape index (κ3) is 6.02. The van der Waals surface area contributed by atoms with Crippen molar-refractivity contribution in [1.29, 1.82) is 0 Å². The SMILES string of the molecule is Cc1cccc([C@H](C)NCCOCC(F)(F)F)c1. The largest absolute Gasteiger partial charge is 0.411 e. The summed E-state index contributed by atoms with van der Waals surface area (Å²) >= 11 is 0. The zero-order valence-corrected chi connectivity index (χ0v) is 10.6. The van der Waals surface area contributed by atoms with Crippen molar-refractivity contribution in [1.82, 2.24) is 5.32 Å². The third-order valence-electron chi connectivity index (χ3n) is 2.50. The predicted molar refractivity (Wildman–Crippen MR) is 64.5 cm³/mol. The Kier molecular flexibility index (Phi) is 5.62. The summed E-state index contributed by atoms with van der Waals surface area (Å²) in [6.45, 7) is 3.23. The Morgan fingerprint density at radius 2 is 2.06 bits per heavy atom. The van der Waals surface area contributed by atoms with Gasteiger partial charge in [-0.05, 0) is 19.4 Å². The molecular weight excluding hydrogens is 243 g/mol. The van der Waals surface area contributed by atoms with Gasteiger partial charge in [-0.3, -0.25) is 0 Å². The highest BCUT2D eigenvalue weighted by Gasteiger charge is 2.27. The van der Waals surface area contributed by atoms with Gasteiger partial charge in [-0.1, -0.05) is 29.8 Å². The Morgan fingerprint density at radius 1 is 1.33 bits per heavy atom. The normalized spacial score (nSPS) is 13.6. The Labute approximate surface area is 105 Å². The van der Waals surface area contributed by atoms with Gasteiger partial charge in [0.2, 0.25) is 0 Å². The van der Waals surface area contributed by atoms with Gasteiger partial charge in [-0.2, -0.15) is 13.2 Å². The van der Waals surface area contributed by atoms with E-state index >= 15 is 0 Å². The first-order valence-electron chi connectivity index (χ1n) is 5.83. The first-order chi connectivity index (χ1) is 8.38. The number of hydrogen-bond donors (Lipinski definition) is 1. The van der Waals surface area contributed by atoms with Crippen molar-refractivity contribution in [3.63, 3.8) is 0 Å². The lowest BCUT2D eigenvalue weighted by atomic mass is 10.1. The highest BCUT2D eigenvalue weighted by molar-refractivity contribution is 5.24. The number of ether oxygens (including phenoxy) is 1. The maximum atomic E-state index is 11.8. The molecule has 0 aliphatic carbocycles. The lowest BCUT2D eigenvalue weighted by Gasteiger charge is -2.15. The van der Waals surface area contributed by atoms with Gasteiger partial charge in [-0.25, -0.2) is 0 Å². The maximum Gasteiger partial charge on any atom is 0.411 e. The Morgan fingerprint density at radius 3 is 2.67 bits per heavy atom. The van der Waals surface area contributed by atoms with Gasteiger partial charge in [0.15, 0.2) is 0 Å². The summed E-state index contributed by atoms with van der Waals surface area (Å²) in [5.74, 6) is 0. The Bertz CT molecular complexity index is 365. The van der Waals surface area contributed by atoms with Crippen molar-refractivity contribution in [2.45, 2.75) is 26.1 Å². The quantitative estimate of drug-likeness (QED) is 0.794. The Balaban J connectivity index is 2.23. The van der Waals surface area contributed by atoms with E-state index < -0.39 is 12.8 Å². The molecule has 0 saturated carbocycles. The molecule has 1 rings (SSSR count). The average molecular weight is 261 g/mol. The number of alkyl halides is 3. The summed E-state index contributed by atoms with van der Waals surface area (Å²) in [6.07, 6.45) is -4.25. The van der Waals surface area contributed by atoms with Crippen LogP contribution in [0.1, 0.15) is 24.1 Å². The van der Waals surface area contributed by atoms with E-state index in [1.165, 1.54) is 0 Å². The molecule has 18 heavy (non-hydrogen) atoms. The van der Waals surface area contributed by atoms with E-state index in [1.807, 2.05) is 38.1 Å². The van der Waals surface area contributed by atoms with Crippen LogP contribution in [-0.2, 0) is 4.74 Å². The predicted octanol–water partition coefficient (Wildman–Crippen LogP) is 3.22. The second kappa shape index (κ2) is 6.75. The molecule has 0 aliphatic rings. The molecule has 0 fully saturated rings. The molecule has 0 bridgehead atoms. The van der Waals surface area contributed by atoms with Crippen LogP contribution in [0.2, 0.25) is 0 Å². The number of benzene rings is 1. The molecule has 0 aromatic heterocycles. The number of aryl methyl sites for hydroxylation is 1. The summed E-state index contributed by atoms with van der Waals surface area (Å²) < 4.78 is 39.9. The molecule has 2 nitrogen and oxygen atoms in total. The van der Waals surface area contributed by atoms with Gasteiger partial charge in [0.05, 0.1) is 6.61 Å². The van der Waals surface area contributed by atoms with Gasteiger partial charge in [0.25, 0.3) is 0 Å². The monoisotopic (exact) mass is 261 g/mol. The summed E-state index contributed by atoms with van der Waals surface area (Å²) in [5.41, 5.74) is 2.28. The topological polar surface area (TPSA) is 21.3 Å². The fourth-order valence-corrected chi connectivity index (χ4v) is 1.59. The van der Waals surface area contributed by atoms with E-state index in [4.69, 9.17) is 0 Å². The molecule has 102 valence electrons. The lowest BCUT2D eigenvalue weighted by molar-refractivity contribution is -0.173. The molecule has 0 amide bonds. The molecule has 0 radical (unpaired) electrons. The van der Waals surface area contributed by atoms with Crippen LogP contribution in [0.25, 0.3) is 0 Å². The number of nitrogens with one attached hydrogen (secondary N) is 1. The third-order valence-corrected chi connectivity index (χ3v) is 2.50. The molecule has 1 atom stereocenters. The summed E-state index contributed by atoms with van der Waals surface area (Å²) in [7, 11) is 0. The molecule has 0 aliphatic heterocycles. The van der Waals surface area contributed by atoms with E-state index in [2.05, 4.69) is 10.1 Å². The molecular formula is C13H18F3NO. The van der Waals surface area contributed by atoms with Crippen molar-refractivity contribution in [3.05, 3.63) is 35.4 Å². The van der Waals surface area contributed by atoms with Crippen molar-refractivity contribution in [2.24, 2.45) is 0 Å². The highest BCUT2D eigenvalue weighted by atomic mass is 19.4. The number of rotatable bonds is 6. The maximum absolute atomic E-state index is 11.8. The minimum Gasteiger partial charge on any atom is -0.371 e. The van der Waals surface area contributed by atoms with E-state index in [1.54, 1.807) is 0 Å². The molecule has 0 unspecified atom stereocenters. The molecule has 1 N–H and O–H groups in total. The van der Waals surface area contributed by atoms with Crippen LogP contribution in [0.5, 0.6) is 0 Å². The average Bonchev–Trinajstić information content (AvgIpc) is 2.26. The minimum atomic E-state index is -4.25. The van der Waals surface area contributed by atoms with Crippen LogP contribution in [0.3, 0.4) is 0 Å². The van der Waals surface area contributed by atoms with Crippen LogP contribution < -0.4 is 5.32 Å². The minimum absolute atomic E-state index is 0.0513. The first kappa shape index (κ1) is 15.0. The summed E-state index contributed by atoms with van der Waals surface area (Å²) in [5, 5.41) is 3.12. The van der Waals surface area contributed by atoms with Gasteiger partial charge in [0.1, 0.15) is 6.61 Å². The molecule has 1 aromatic rings. The van der Waals surface area contributed by atoms with Crippen LogP contribution >= 0.6 is 0 Å². The fraction of sp³-hybridized carbons (Fsp3) is 0.538. The summed E-state index contributed by atoms with van der Waals surface area (Å²) in [4.78, 5) is 0. The molecule has 0 spiro atoms. The van der Waals surface area contributed by atoms with Crippen molar-refractivity contribution in [2.75, 3.05) is 19.8 Å².